The molecule has 0 bridgehead atoms. The first-order chi connectivity index (χ1) is 9.40. The van der Waals surface area contributed by atoms with Gasteiger partial charge in [-0.05, 0) is 43.5 Å². The second kappa shape index (κ2) is 4.66. The number of aromatic amines is 1. The van der Waals surface area contributed by atoms with Crippen molar-refractivity contribution in [3.63, 3.8) is 0 Å². The first kappa shape index (κ1) is 11.5. The number of rotatable bonds is 2. The van der Waals surface area contributed by atoms with Gasteiger partial charge in [-0.3, -0.25) is 0 Å². The predicted molar refractivity (Wildman–Crippen MR) is 76.4 cm³/mol. The van der Waals surface area contributed by atoms with Crippen LogP contribution >= 0.6 is 0 Å². The van der Waals surface area contributed by atoms with Gasteiger partial charge in [-0.1, -0.05) is 6.07 Å². The summed E-state index contributed by atoms with van der Waals surface area (Å²) in [5.74, 6) is 0. The van der Waals surface area contributed by atoms with Crippen molar-refractivity contribution in [1.29, 1.82) is 0 Å². The minimum atomic E-state index is 0.670. The third-order valence-corrected chi connectivity index (χ3v) is 4.45. The Labute approximate surface area is 113 Å². The molecule has 1 saturated heterocycles. The Morgan fingerprint density at radius 3 is 3.21 bits per heavy atom. The summed E-state index contributed by atoms with van der Waals surface area (Å²) in [6.07, 6.45) is 4.80. The molecule has 2 N–H and O–H groups in total. The summed E-state index contributed by atoms with van der Waals surface area (Å²) in [4.78, 5) is 3.54. The smallest absolute Gasteiger partial charge is 0.0740 e. The molecular formula is C16H20N2O. The number of fused-ring (bicyclic) bond motifs is 3. The summed E-state index contributed by atoms with van der Waals surface area (Å²) in [5.41, 5.74) is 5.46. The molecule has 100 valence electrons. The maximum Gasteiger partial charge on any atom is 0.0740 e. The van der Waals surface area contributed by atoms with Gasteiger partial charge in [-0.15, -0.1) is 0 Å². The van der Waals surface area contributed by atoms with E-state index in [0.717, 1.165) is 26.1 Å². The van der Waals surface area contributed by atoms with Gasteiger partial charge in [0.2, 0.25) is 0 Å². The van der Waals surface area contributed by atoms with E-state index < -0.39 is 0 Å². The van der Waals surface area contributed by atoms with Crippen LogP contribution in [0, 0.1) is 0 Å². The van der Waals surface area contributed by atoms with Crippen LogP contribution in [-0.4, -0.2) is 24.2 Å². The minimum absolute atomic E-state index is 0.670. The van der Waals surface area contributed by atoms with Crippen LogP contribution in [0.4, 0.5) is 0 Å². The standard InChI is InChI=1S/C16H20N2O/c1-2-12(17-6-1)8-11-3-4-15-13(9-11)14-10-19-7-5-16(14)18-15/h3-4,9,12,17-18H,1-2,5-8,10H2. The van der Waals surface area contributed by atoms with E-state index in [0.29, 0.717) is 6.04 Å². The maximum atomic E-state index is 5.60. The van der Waals surface area contributed by atoms with Crippen LogP contribution in [-0.2, 0) is 24.2 Å². The first-order valence-corrected chi connectivity index (χ1v) is 7.33. The van der Waals surface area contributed by atoms with Gasteiger partial charge in [0, 0.05) is 34.6 Å². The molecule has 2 aliphatic heterocycles. The van der Waals surface area contributed by atoms with Crippen LogP contribution in [0.15, 0.2) is 18.2 Å². The van der Waals surface area contributed by atoms with Gasteiger partial charge in [-0.2, -0.15) is 0 Å². The van der Waals surface area contributed by atoms with E-state index >= 15 is 0 Å². The molecule has 3 nitrogen and oxygen atoms in total. The highest BCUT2D eigenvalue weighted by Crippen LogP contribution is 2.28. The number of H-pyrrole nitrogens is 1. The zero-order chi connectivity index (χ0) is 12.7. The molecule has 1 aromatic heterocycles. The molecule has 3 heterocycles. The summed E-state index contributed by atoms with van der Waals surface area (Å²) in [6.45, 7) is 2.79. The Bertz CT molecular complexity index is 596. The molecule has 1 atom stereocenters. The lowest BCUT2D eigenvalue weighted by molar-refractivity contribution is 0.111. The van der Waals surface area contributed by atoms with E-state index in [1.165, 1.54) is 47.1 Å². The molecule has 0 amide bonds. The number of nitrogens with one attached hydrogen (secondary N) is 2. The highest BCUT2D eigenvalue weighted by molar-refractivity contribution is 5.85. The van der Waals surface area contributed by atoms with Gasteiger partial charge in [0.05, 0.1) is 13.2 Å². The Hall–Kier alpha value is -1.32. The molecular weight excluding hydrogens is 236 g/mol. The lowest BCUT2D eigenvalue weighted by atomic mass is 10.0. The van der Waals surface area contributed by atoms with E-state index in [2.05, 4.69) is 28.5 Å². The fourth-order valence-electron chi connectivity index (χ4n) is 3.42. The second-order valence-corrected chi connectivity index (χ2v) is 5.76. The first-order valence-electron chi connectivity index (χ1n) is 7.33. The van der Waals surface area contributed by atoms with Gasteiger partial charge < -0.3 is 15.0 Å². The number of ether oxygens (including phenoxy) is 1. The number of hydrogen-bond acceptors (Lipinski definition) is 2. The van der Waals surface area contributed by atoms with E-state index in [9.17, 15) is 0 Å². The van der Waals surface area contributed by atoms with Crippen molar-refractivity contribution in [2.75, 3.05) is 13.2 Å². The van der Waals surface area contributed by atoms with Crippen LogP contribution in [0.2, 0.25) is 0 Å². The molecule has 3 heteroatoms. The topological polar surface area (TPSA) is 37.0 Å². The lowest BCUT2D eigenvalue weighted by Crippen LogP contribution is -2.23. The monoisotopic (exact) mass is 256 g/mol. The van der Waals surface area contributed by atoms with Gasteiger partial charge in [-0.25, -0.2) is 0 Å². The lowest BCUT2D eigenvalue weighted by Gasteiger charge is -2.12. The van der Waals surface area contributed by atoms with E-state index in [1.807, 2.05) is 0 Å². The molecule has 1 unspecified atom stereocenters. The van der Waals surface area contributed by atoms with Crippen molar-refractivity contribution in [1.82, 2.24) is 10.3 Å². The maximum absolute atomic E-state index is 5.60. The molecule has 19 heavy (non-hydrogen) atoms. The molecule has 0 aliphatic carbocycles. The summed E-state index contributed by atoms with van der Waals surface area (Å²) in [5, 5.41) is 4.94. The number of aromatic nitrogens is 1. The number of benzene rings is 1. The van der Waals surface area contributed by atoms with Crippen LogP contribution < -0.4 is 5.32 Å². The van der Waals surface area contributed by atoms with Gasteiger partial charge in [0.15, 0.2) is 0 Å². The molecule has 2 aliphatic rings. The summed E-state index contributed by atoms with van der Waals surface area (Å²) in [7, 11) is 0. The Morgan fingerprint density at radius 1 is 1.32 bits per heavy atom. The third kappa shape index (κ3) is 2.07. The van der Waals surface area contributed by atoms with Crippen molar-refractivity contribution in [2.24, 2.45) is 0 Å². The van der Waals surface area contributed by atoms with Crippen LogP contribution in [0.25, 0.3) is 10.9 Å². The third-order valence-electron chi connectivity index (χ3n) is 4.45. The van der Waals surface area contributed by atoms with Crippen molar-refractivity contribution >= 4 is 10.9 Å². The molecule has 4 rings (SSSR count). The van der Waals surface area contributed by atoms with Gasteiger partial charge >= 0.3 is 0 Å². The fraction of sp³-hybridized carbons (Fsp3) is 0.500. The largest absolute Gasteiger partial charge is 0.376 e. The van der Waals surface area contributed by atoms with Crippen molar-refractivity contribution in [3.05, 3.63) is 35.0 Å². The molecule has 0 spiro atoms. The number of hydrogen-bond donors (Lipinski definition) is 2. The van der Waals surface area contributed by atoms with E-state index in [4.69, 9.17) is 4.74 Å². The SMILES string of the molecule is c1cc2[nH]c3c(c2cc1CC1CCCN1)COCC3. The average Bonchev–Trinajstić information content (AvgIpc) is 3.06. The van der Waals surface area contributed by atoms with Crippen molar-refractivity contribution in [3.8, 4) is 0 Å². The summed E-state index contributed by atoms with van der Waals surface area (Å²) < 4.78 is 5.60. The summed E-state index contributed by atoms with van der Waals surface area (Å²) >= 11 is 0. The summed E-state index contributed by atoms with van der Waals surface area (Å²) in [6, 6.07) is 7.53. The second-order valence-electron chi connectivity index (χ2n) is 5.76. The Kier molecular flexibility index (Phi) is 2.82. The zero-order valence-electron chi connectivity index (χ0n) is 11.2. The normalized spacial score (nSPS) is 22.8. The zero-order valence-corrected chi connectivity index (χ0v) is 11.2. The van der Waals surface area contributed by atoms with E-state index in [1.54, 1.807) is 0 Å². The Balaban J connectivity index is 1.69. The van der Waals surface area contributed by atoms with Crippen molar-refractivity contribution in [2.45, 2.75) is 38.3 Å². The molecule has 1 aromatic carbocycles. The fourth-order valence-corrected chi connectivity index (χ4v) is 3.42. The predicted octanol–water partition coefficient (Wildman–Crippen LogP) is 2.54. The quantitative estimate of drug-likeness (QED) is 0.866. The molecule has 0 saturated carbocycles. The van der Waals surface area contributed by atoms with Gasteiger partial charge in [0.25, 0.3) is 0 Å². The van der Waals surface area contributed by atoms with Gasteiger partial charge in [0.1, 0.15) is 0 Å². The molecule has 0 radical (unpaired) electrons. The van der Waals surface area contributed by atoms with Crippen LogP contribution in [0.3, 0.4) is 0 Å². The van der Waals surface area contributed by atoms with Crippen LogP contribution in [0.1, 0.15) is 29.7 Å². The van der Waals surface area contributed by atoms with Crippen molar-refractivity contribution < 1.29 is 4.74 Å². The van der Waals surface area contributed by atoms with Crippen LogP contribution in [0.5, 0.6) is 0 Å². The highest BCUT2D eigenvalue weighted by Gasteiger charge is 2.18. The Morgan fingerprint density at radius 2 is 2.32 bits per heavy atom. The highest BCUT2D eigenvalue weighted by atomic mass is 16.5. The average molecular weight is 256 g/mol. The minimum Gasteiger partial charge on any atom is -0.376 e. The van der Waals surface area contributed by atoms with E-state index in [-0.39, 0.29) is 0 Å². The molecule has 1 fully saturated rings. The molecule has 2 aromatic rings.